The van der Waals surface area contributed by atoms with E-state index in [1.807, 2.05) is 0 Å². The van der Waals surface area contributed by atoms with Crippen molar-refractivity contribution in [3.63, 3.8) is 0 Å². The van der Waals surface area contributed by atoms with Crippen LogP contribution in [0.4, 0.5) is 5.69 Å². The number of anilines is 1. The minimum atomic E-state index is 0.687. The van der Waals surface area contributed by atoms with Gasteiger partial charge in [-0.1, -0.05) is 37.5 Å². The number of hydrogen-bond acceptors (Lipinski definition) is 2. The number of benzene rings is 1. The van der Waals surface area contributed by atoms with E-state index in [-0.39, 0.29) is 0 Å². The van der Waals surface area contributed by atoms with Gasteiger partial charge in [0.05, 0.1) is 0 Å². The summed E-state index contributed by atoms with van der Waals surface area (Å²) in [4.78, 5) is 2.22. The quantitative estimate of drug-likeness (QED) is 0.855. The third kappa shape index (κ3) is 3.74. The molecular weight excluding hydrogens is 208 g/mol. The molecule has 0 radical (unpaired) electrons. The van der Waals surface area contributed by atoms with Crippen LogP contribution in [0.2, 0.25) is 0 Å². The molecule has 1 N–H and O–H groups in total. The highest BCUT2D eigenvalue weighted by atomic mass is 15.1. The Bertz CT molecular complexity index is 341. The minimum absolute atomic E-state index is 0.687. The van der Waals surface area contributed by atoms with E-state index in [0.717, 1.165) is 6.54 Å². The Morgan fingerprint density at radius 3 is 2.53 bits per heavy atom. The smallest absolute Gasteiger partial charge is 0.0388 e. The van der Waals surface area contributed by atoms with E-state index in [2.05, 4.69) is 48.6 Å². The van der Waals surface area contributed by atoms with Crippen molar-refractivity contribution in [3.05, 3.63) is 29.8 Å². The van der Waals surface area contributed by atoms with E-state index in [9.17, 15) is 0 Å². The molecular formula is C15H24N2. The molecule has 2 heteroatoms. The van der Waals surface area contributed by atoms with E-state index in [4.69, 9.17) is 0 Å². The van der Waals surface area contributed by atoms with Crippen molar-refractivity contribution in [2.45, 2.75) is 44.7 Å². The van der Waals surface area contributed by atoms with Crippen LogP contribution in [-0.4, -0.2) is 25.0 Å². The summed E-state index contributed by atoms with van der Waals surface area (Å²) in [7, 11) is 4.24. The SMILES string of the molecule is CN(C)Cc1ccccc1NC1CCCCC1. The topological polar surface area (TPSA) is 15.3 Å². The Balaban J connectivity index is 2.03. The minimum Gasteiger partial charge on any atom is -0.382 e. The number of hydrogen-bond donors (Lipinski definition) is 1. The monoisotopic (exact) mass is 232 g/mol. The lowest BCUT2D eigenvalue weighted by molar-refractivity contribution is 0.402. The second-order valence-corrected chi connectivity index (χ2v) is 5.37. The molecule has 0 atom stereocenters. The van der Waals surface area contributed by atoms with Crippen molar-refractivity contribution >= 4 is 5.69 Å². The standard InChI is InChI=1S/C15H24N2/c1-17(2)12-13-8-6-7-11-15(13)16-14-9-4-3-5-10-14/h6-8,11,14,16H,3-5,9-10,12H2,1-2H3. The molecule has 0 amide bonds. The fourth-order valence-electron chi connectivity index (χ4n) is 2.61. The predicted molar refractivity (Wildman–Crippen MR) is 74.3 cm³/mol. The molecule has 0 bridgehead atoms. The molecule has 17 heavy (non-hydrogen) atoms. The molecule has 1 saturated carbocycles. The van der Waals surface area contributed by atoms with Crippen molar-refractivity contribution in [3.8, 4) is 0 Å². The Morgan fingerprint density at radius 1 is 1.12 bits per heavy atom. The van der Waals surface area contributed by atoms with Gasteiger partial charge in [0, 0.05) is 18.3 Å². The lowest BCUT2D eigenvalue weighted by atomic mass is 9.95. The second kappa shape index (κ2) is 6.06. The van der Waals surface area contributed by atoms with Crippen LogP contribution in [-0.2, 0) is 6.54 Å². The zero-order valence-electron chi connectivity index (χ0n) is 11.1. The van der Waals surface area contributed by atoms with Crippen molar-refractivity contribution in [2.24, 2.45) is 0 Å². The third-order valence-electron chi connectivity index (χ3n) is 3.47. The molecule has 2 rings (SSSR count). The lowest BCUT2D eigenvalue weighted by Gasteiger charge is -2.25. The molecule has 1 aromatic rings. The first-order valence-corrected chi connectivity index (χ1v) is 6.75. The Labute approximate surface area is 105 Å². The van der Waals surface area contributed by atoms with E-state index in [1.165, 1.54) is 43.4 Å². The summed E-state index contributed by atoms with van der Waals surface area (Å²) < 4.78 is 0. The van der Waals surface area contributed by atoms with E-state index < -0.39 is 0 Å². The van der Waals surface area contributed by atoms with Crippen molar-refractivity contribution < 1.29 is 0 Å². The highest BCUT2D eigenvalue weighted by molar-refractivity contribution is 5.51. The summed E-state index contributed by atoms with van der Waals surface area (Å²) in [5, 5.41) is 3.73. The summed E-state index contributed by atoms with van der Waals surface area (Å²) in [5.74, 6) is 0. The number of para-hydroxylation sites is 1. The van der Waals surface area contributed by atoms with Crippen LogP contribution in [0.15, 0.2) is 24.3 Å². The summed E-state index contributed by atoms with van der Waals surface area (Å²) in [5.41, 5.74) is 2.73. The summed E-state index contributed by atoms with van der Waals surface area (Å²) in [6.45, 7) is 1.01. The summed E-state index contributed by atoms with van der Waals surface area (Å²) in [6.07, 6.45) is 6.84. The molecule has 94 valence electrons. The van der Waals surface area contributed by atoms with Crippen LogP contribution >= 0.6 is 0 Å². The highest BCUT2D eigenvalue weighted by Gasteiger charge is 2.14. The largest absolute Gasteiger partial charge is 0.382 e. The maximum Gasteiger partial charge on any atom is 0.0388 e. The first-order valence-electron chi connectivity index (χ1n) is 6.75. The Morgan fingerprint density at radius 2 is 1.82 bits per heavy atom. The summed E-state index contributed by atoms with van der Waals surface area (Å²) in [6, 6.07) is 9.39. The first kappa shape index (κ1) is 12.4. The fraction of sp³-hybridized carbons (Fsp3) is 0.600. The van der Waals surface area contributed by atoms with Gasteiger partial charge in [-0.2, -0.15) is 0 Å². The van der Waals surface area contributed by atoms with Crippen LogP contribution in [0.5, 0.6) is 0 Å². The van der Waals surface area contributed by atoms with Crippen molar-refractivity contribution in [1.82, 2.24) is 4.90 Å². The van der Waals surface area contributed by atoms with Gasteiger partial charge >= 0.3 is 0 Å². The summed E-state index contributed by atoms with van der Waals surface area (Å²) >= 11 is 0. The van der Waals surface area contributed by atoms with Crippen molar-refractivity contribution in [2.75, 3.05) is 19.4 Å². The van der Waals surface area contributed by atoms with E-state index in [0.29, 0.717) is 6.04 Å². The van der Waals surface area contributed by atoms with Gasteiger partial charge in [-0.05, 0) is 38.6 Å². The second-order valence-electron chi connectivity index (χ2n) is 5.37. The Hall–Kier alpha value is -1.02. The molecule has 0 spiro atoms. The van der Waals surface area contributed by atoms with Gasteiger partial charge in [0.15, 0.2) is 0 Å². The zero-order chi connectivity index (χ0) is 12.1. The van der Waals surface area contributed by atoms with Gasteiger partial charge in [-0.3, -0.25) is 0 Å². The van der Waals surface area contributed by atoms with Gasteiger partial charge < -0.3 is 10.2 Å². The van der Waals surface area contributed by atoms with Gasteiger partial charge in [0.2, 0.25) is 0 Å². The normalized spacial score (nSPS) is 17.4. The van der Waals surface area contributed by atoms with Crippen molar-refractivity contribution in [1.29, 1.82) is 0 Å². The van der Waals surface area contributed by atoms with Crippen LogP contribution in [0, 0.1) is 0 Å². The maximum absolute atomic E-state index is 3.73. The van der Waals surface area contributed by atoms with E-state index in [1.54, 1.807) is 0 Å². The molecule has 2 nitrogen and oxygen atoms in total. The molecule has 0 unspecified atom stereocenters. The average molecular weight is 232 g/mol. The number of nitrogens with zero attached hydrogens (tertiary/aromatic N) is 1. The lowest BCUT2D eigenvalue weighted by Crippen LogP contribution is -2.23. The van der Waals surface area contributed by atoms with E-state index >= 15 is 0 Å². The molecule has 1 aromatic carbocycles. The number of nitrogens with one attached hydrogen (secondary N) is 1. The third-order valence-corrected chi connectivity index (χ3v) is 3.47. The average Bonchev–Trinajstić information content (AvgIpc) is 2.32. The molecule has 1 aliphatic carbocycles. The Kier molecular flexibility index (Phi) is 4.43. The highest BCUT2D eigenvalue weighted by Crippen LogP contribution is 2.24. The predicted octanol–water partition coefficient (Wildman–Crippen LogP) is 3.49. The molecule has 1 aliphatic rings. The fourth-order valence-corrected chi connectivity index (χ4v) is 2.61. The molecule has 0 saturated heterocycles. The number of rotatable bonds is 4. The van der Waals surface area contributed by atoms with Crippen LogP contribution in [0.3, 0.4) is 0 Å². The van der Waals surface area contributed by atoms with Gasteiger partial charge in [-0.25, -0.2) is 0 Å². The first-order chi connectivity index (χ1) is 8.25. The van der Waals surface area contributed by atoms with Crippen LogP contribution < -0.4 is 5.32 Å². The molecule has 1 fully saturated rings. The van der Waals surface area contributed by atoms with Gasteiger partial charge in [0.1, 0.15) is 0 Å². The molecule has 0 heterocycles. The van der Waals surface area contributed by atoms with Gasteiger partial charge in [-0.15, -0.1) is 0 Å². The molecule has 0 aliphatic heterocycles. The van der Waals surface area contributed by atoms with Gasteiger partial charge in [0.25, 0.3) is 0 Å². The van der Waals surface area contributed by atoms with Crippen LogP contribution in [0.25, 0.3) is 0 Å². The zero-order valence-corrected chi connectivity index (χ0v) is 11.1. The van der Waals surface area contributed by atoms with Crippen LogP contribution in [0.1, 0.15) is 37.7 Å². The molecule has 0 aromatic heterocycles. The maximum atomic E-state index is 3.73.